The summed E-state index contributed by atoms with van der Waals surface area (Å²) in [5.41, 5.74) is 4.14. The second kappa shape index (κ2) is 13.7. The molecule has 1 aliphatic rings. The number of rotatable bonds is 10. The van der Waals surface area contributed by atoms with Gasteiger partial charge in [-0.3, -0.25) is 14.4 Å². The first-order chi connectivity index (χ1) is 20.4. The van der Waals surface area contributed by atoms with Crippen LogP contribution in [0.5, 0.6) is 0 Å². The average molecular weight is 582 g/mol. The Balaban J connectivity index is 1.62. The highest BCUT2D eigenvalue weighted by Crippen LogP contribution is 2.33. The number of carboxylic acid groups (broad SMARTS) is 1. The van der Waals surface area contributed by atoms with Crippen molar-refractivity contribution in [3.8, 4) is 0 Å². The summed E-state index contributed by atoms with van der Waals surface area (Å²) >= 11 is 0. The Bertz CT molecular complexity index is 1490. The number of aliphatic hydroxyl groups excluding tert-OH is 1. The normalized spacial score (nSPS) is 15.0. The van der Waals surface area contributed by atoms with Gasteiger partial charge in [0.05, 0.1) is 6.54 Å². The van der Waals surface area contributed by atoms with Crippen molar-refractivity contribution in [3.63, 3.8) is 0 Å². The lowest BCUT2D eigenvalue weighted by atomic mass is 9.83. The molecule has 7 nitrogen and oxygen atoms in total. The van der Waals surface area contributed by atoms with Crippen LogP contribution in [0.1, 0.15) is 107 Å². The molecule has 0 aromatic heterocycles. The summed E-state index contributed by atoms with van der Waals surface area (Å²) < 4.78 is 0. The van der Waals surface area contributed by atoms with Crippen molar-refractivity contribution in [1.82, 2.24) is 5.32 Å². The predicted molar refractivity (Wildman–Crippen MR) is 166 cm³/mol. The highest BCUT2D eigenvalue weighted by atomic mass is 16.4. The number of amides is 1. The minimum atomic E-state index is -1.72. The summed E-state index contributed by atoms with van der Waals surface area (Å²) in [6.07, 6.45) is 5.67. The van der Waals surface area contributed by atoms with Crippen molar-refractivity contribution in [3.05, 3.63) is 112 Å². The molecule has 1 atom stereocenters. The lowest BCUT2D eigenvalue weighted by molar-refractivity contribution is -0.146. The van der Waals surface area contributed by atoms with Crippen molar-refractivity contribution in [2.75, 3.05) is 6.54 Å². The number of aliphatic carboxylic acids is 1. The molecule has 3 aromatic carbocycles. The van der Waals surface area contributed by atoms with E-state index >= 15 is 0 Å². The highest BCUT2D eigenvalue weighted by molar-refractivity contribution is 6.32. The number of benzene rings is 3. The van der Waals surface area contributed by atoms with E-state index in [1.54, 1.807) is 12.1 Å². The van der Waals surface area contributed by atoms with Crippen LogP contribution in [0.3, 0.4) is 0 Å². The fourth-order valence-corrected chi connectivity index (χ4v) is 5.31. The van der Waals surface area contributed by atoms with Crippen LogP contribution in [0.15, 0.2) is 78.9 Å². The molecule has 3 aromatic rings. The zero-order valence-electron chi connectivity index (χ0n) is 24.9. The van der Waals surface area contributed by atoms with Gasteiger partial charge in [-0.25, -0.2) is 4.79 Å². The molecule has 0 unspecified atom stereocenters. The Kier molecular flexibility index (Phi) is 10.1. The zero-order valence-corrected chi connectivity index (χ0v) is 24.9. The Hall–Kier alpha value is -4.36. The number of hydrogen-bond acceptors (Lipinski definition) is 5. The van der Waals surface area contributed by atoms with E-state index in [4.69, 9.17) is 5.11 Å². The van der Waals surface area contributed by atoms with Gasteiger partial charge in [-0.2, -0.15) is 0 Å². The lowest BCUT2D eigenvalue weighted by Crippen LogP contribution is -2.36. The van der Waals surface area contributed by atoms with Crippen LogP contribution in [0.25, 0.3) is 5.57 Å². The van der Waals surface area contributed by atoms with Crippen molar-refractivity contribution >= 4 is 29.0 Å². The van der Waals surface area contributed by atoms with Crippen LogP contribution >= 0.6 is 0 Å². The number of carbonyl (C=O) groups excluding carboxylic acids is 3. The van der Waals surface area contributed by atoms with Crippen LogP contribution in [0.2, 0.25) is 0 Å². The van der Waals surface area contributed by atoms with Crippen LogP contribution in [-0.4, -0.2) is 46.3 Å². The van der Waals surface area contributed by atoms with Gasteiger partial charge in [-0.1, -0.05) is 101 Å². The standard InChI is InChI=1S/C36H39NO6/c1-36(2,3)29-19-17-26(18-20-29)31(38)21-30(25-11-9-24(10-12-25)23-7-5-4-6-8-23)33(40)27-13-15-28(16-14-27)34(41)37-22-32(39)35(42)43/h9-21,23,32,39H,4-8,22H2,1-3H3,(H,37,41)(H,42,43)/t32-/m1/s1. The molecule has 43 heavy (non-hydrogen) atoms. The molecular weight excluding hydrogens is 542 g/mol. The van der Waals surface area contributed by atoms with Gasteiger partial charge in [0.2, 0.25) is 0 Å². The molecule has 0 saturated heterocycles. The first-order valence-corrected chi connectivity index (χ1v) is 14.7. The van der Waals surface area contributed by atoms with Crippen LogP contribution < -0.4 is 5.32 Å². The fourth-order valence-electron chi connectivity index (χ4n) is 5.31. The summed E-state index contributed by atoms with van der Waals surface area (Å²) in [5.74, 6) is -2.16. The smallest absolute Gasteiger partial charge is 0.334 e. The predicted octanol–water partition coefficient (Wildman–Crippen LogP) is 6.36. The van der Waals surface area contributed by atoms with E-state index in [9.17, 15) is 24.3 Å². The molecule has 1 aliphatic carbocycles. The Labute approximate surface area is 252 Å². The fraction of sp³-hybridized carbons (Fsp3) is 0.333. The number of Topliss-reactive ketones (excluding diaryl/α,β-unsaturated/α-hetero) is 1. The molecule has 0 heterocycles. The Morgan fingerprint density at radius 2 is 1.33 bits per heavy atom. The van der Waals surface area contributed by atoms with E-state index in [2.05, 4.69) is 26.1 Å². The number of ketones is 2. The number of nitrogens with one attached hydrogen (secondary N) is 1. The van der Waals surface area contributed by atoms with E-state index in [1.165, 1.54) is 55.2 Å². The van der Waals surface area contributed by atoms with E-state index in [-0.39, 0.29) is 28.1 Å². The number of aliphatic hydroxyl groups is 1. The lowest BCUT2D eigenvalue weighted by Gasteiger charge is -2.22. The first kappa shape index (κ1) is 31.6. The van der Waals surface area contributed by atoms with E-state index in [1.807, 2.05) is 36.4 Å². The Morgan fingerprint density at radius 1 is 0.791 bits per heavy atom. The quantitative estimate of drug-likeness (QED) is 0.189. The summed E-state index contributed by atoms with van der Waals surface area (Å²) in [4.78, 5) is 50.5. The molecule has 0 bridgehead atoms. The van der Waals surface area contributed by atoms with Gasteiger partial charge in [-0.05, 0) is 59.1 Å². The molecule has 1 fully saturated rings. The van der Waals surface area contributed by atoms with E-state index < -0.39 is 24.5 Å². The van der Waals surface area contributed by atoms with Gasteiger partial charge in [0.15, 0.2) is 17.7 Å². The third kappa shape index (κ3) is 8.14. The molecule has 7 heteroatoms. The number of hydrogen-bond donors (Lipinski definition) is 3. The highest BCUT2D eigenvalue weighted by Gasteiger charge is 2.21. The summed E-state index contributed by atoms with van der Waals surface area (Å²) in [7, 11) is 0. The van der Waals surface area contributed by atoms with E-state index in [0.717, 1.165) is 18.4 Å². The second-order valence-corrected chi connectivity index (χ2v) is 12.2. The maximum atomic E-state index is 13.8. The SMILES string of the molecule is CC(C)(C)c1ccc(C(=O)C=C(C(=O)c2ccc(C(=O)NC[C@@H](O)C(=O)O)cc2)c2ccc(C3CCCCC3)cc2)cc1. The van der Waals surface area contributed by atoms with Gasteiger partial charge in [0.1, 0.15) is 0 Å². The van der Waals surface area contributed by atoms with E-state index in [0.29, 0.717) is 22.6 Å². The molecule has 4 rings (SSSR count). The third-order valence-corrected chi connectivity index (χ3v) is 8.00. The van der Waals surface area contributed by atoms with Gasteiger partial charge in [-0.15, -0.1) is 0 Å². The van der Waals surface area contributed by atoms with Crippen LogP contribution in [0.4, 0.5) is 0 Å². The van der Waals surface area contributed by atoms with Gasteiger partial charge in [0, 0.05) is 22.3 Å². The number of allylic oxidation sites excluding steroid dienone is 2. The molecule has 3 N–H and O–H groups in total. The maximum absolute atomic E-state index is 13.8. The van der Waals surface area contributed by atoms with Gasteiger partial charge >= 0.3 is 5.97 Å². The van der Waals surface area contributed by atoms with Crippen molar-refractivity contribution in [2.45, 2.75) is 70.3 Å². The molecule has 1 amide bonds. The summed E-state index contributed by atoms with van der Waals surface area (Å²) in [6.45, 7) is 5.86. The molecule has 1 saturated carbocycles. The topological polar surface area (TPSA) is 121 Å². The number of carbonyl (C=O) groups is 4. The van der Waals surface area contributed by atoms with Gasteiger partial charge in [0.25, 0.3) is 5.91 Å². The average Bonchev–Trinajstić information content (AvgIpc) is 3.02. The first-order valence-electron chi connectivity index (χ1n) is 14.7. The second-order valence-electron chi connectivity index (χ2n) is 12.2. The molecule has 224 valence electrons. The van der Waals surface area contributed by atoms with Crippen LogP contribution in [-0.2, 0) is 10.2 Å². The maximum Gasteiger partial charge on any atom is 0.334 e. The molecule has 0 spiro atoms. The molecule has 0 aliphatic heterocycles. The largest absolute Gasteiger partial charge is 0.479 e. The van der Waals surface area contributed by atoms with Crippen molar-refractivity contribution in [1.29, 1.82) is 0 Å². The Morgan fingerprint density at radius 3 is 1.88 bits per heavy atom. The molecular formula is C36H39NO6. The third-order valence-electron chi connectivity index (χ3n) is 8.00. The van der Waals surface area contributed by atoms with Crippen molar-refractivity contribution in [2.24, 2.45) is 0 Å². The van der Waals surface area contributed by atoms with Gasteiger partial charge < -0.3 is 15.5 Å². The monoisotopic (exact) mass is 581 g/mol. The zero-order chi connectivity index (χ0) is 31.1. The van der Waals surface area contributed by atoms with Crippen LogP contribution in [0, 0.1) is 0 Å². The summed E-state index contributed by atoms with van der Waals surface area (Å²) in [5, 5.41) is 20.6. The summed E-state index contributed by atoms with van der Waals surface area (Å²) in [6, 6.07) is 21.2. The number of carboxylic acids is 1. The molecule has 0 radical (unpaired) electrons. The van der Waals surface area contributed by atoms with Crippen molar-refractivity contribution < 1.29 is 29.4 Å². The minimum Gasteiger partial charge on any atom is -0.479 e. The minimum absolute atomic E-state index is 0.0578.